The van der Waals surface area contributed by atoms with E-state index in [4.69, 9.17) is 4.74 Å². The molecule has 5 heteroatoms. The molecule has 1 aliphatic heterocycles. The summed E-state index contributed by atoms with van der Waals surface area (Å²) in [5.41, 5.74) is -0.325. The van der Waals surface area contributed by atoms with Crippen LogP contribution in [0.4, 0.5) is 0 Å². The summed E-state index contributed by atoms with van der Waals surface area (Å²) in [5, 5.41) is 10.2. The quantitative estimate of drug-likeness (QED) is 0.855. The first kappa shape index (κ1) is 15.7. The van der Waals surface area contributed by atoms with Crippen LogP contribution in [0.5, 0.6) is 5.88 Å². The first-order chi connectivity index (χ1) is 10.9. The lowest BCUT2D eigenvalue weighted by Crippen LogP contribution is -2.46. The molecule has 1 amide bonds. The highest BCUT2D eigenvalue weighted by Crippen LogP contribution is 2.26. The lowest BCUT2D eigenvalue weighted by Gasteiger charge is -2.35. The van der Waals surface area contributed by atoms with Gasteiger partial charge in [-0.2, -0.15) is 5.10 Å². The summed E-state index contributed by atoms with van der Waals surface area (Å²) >= 11 is 0. The average Bonchev–Trinajstić information content (AvgIpc) is 2.54. The summed E-state index contributed by atoms with van der Waals surface area (Å²) in [7, 11) is 0. The molecule has 0 atom stereocenters. The number of carbonyl (C=O) groups is 1. The Morgan fingerprint density at radius 1 is 1.22 bits per heavy atom. The maximum Gasteiger partial charge on any atom is 0.241 e. The van der Waals surface area contributed by atoms with E-state index in [1.165, 1.54) is 0 Å². The van der Waals surface area contributed by atoms with Crippen LogP contribution in [0.1, 0.15) is 33.6 Å². The topological polar surface area (TPSA) is 55.3 Å². The van der Waals surface area contributed by atoms with Gasteiger partial charge in [0.15, 0.2) is 0 Å². The molecule has 0 spiro atoms. The van der Waals surface area contributed by atoms with Crippen molar-refractivity contribution < 1.29 is 9.53 Å². The summed E-state index contributed by atoms with van der Waals surface area (Å²) in [6.45, 7) is 7.36. The van der Waals surface area contributed by atoms with Crippen LogP contribution in [0.25, 0.3) is 10.8 Å². The minimum absolute atomic E-state index is 0.0825. The van der Waals surface area contributed by atoms with Crippen LogP contribution in [0, 0.1) is 5.41 Å². The zero-order chi connectivity index (χ0) is 16.4. The van der Waals surface area contributed by atoms with Crippen molar-refractivity contribution in [2.75, 3.05) is 13.1 Å². The highest BCUT2D eigenvalue weighted by atomic mass is 16.5. The Balaban J connectivity index is 1.66. The molecule has 0 unspecified atom stereocenters. The lowest BCUT2D eigenvalue weighted by atomic mass is 9.93. The van der Waals surface area contributed by atoms with Gasteiger partial charge in [-0.1, -0.05) is 39.0 Å². The van der Waals surface area contributed by atoms with Crippen LogP contribution < -0.4 is 4.74 Å². The Morgan fingerprint density at radius 3 is 2.61 bits per heavy atom. The Bertz CT molecular complexity index is 695. The molecule has 0 radical (unpaired) electrons. The number of hydrogen-bond acceptors (Lipinski definition) is 4. The van der Waals surface area contributed by atoms with Crippen molar-refractivity contribution in [1.82, 2.24) is 15.1 Å². The molecule has 0 aliphatic carbocycles. The monoisotopic (exact) mass is 313 g/mol. The minimum atomic E-state index is -0.325. The molecule has 1 aromatic carbocycles. The van der Waals surface area contributed by atoms with E-state index in [2.05, 4.69) is 10.2 Å². The normalized spacial score (nSPS) is 16.6. The molecule has 23 heavy (non-hydrogen) atoms. The number of ether oxygens (including phenoxy) is 1. The number of hydrogen-bond donors (Lipinski definition) is 0. The molecule has 2 aromatic rings. The van der Waals surface area contributed by atoms with Crippen LogP contribution in [-0.4, -0.2) is 40.2 Å². The number of likely N-dealkylation sites (tertiary alicyclic amines) is 1. The van der Waals surface area contributed by atoms with Crippen molar-refractivity contribution >= 4 is 16.7 Å². The van der Waals surface area contributed by atoms with E-state index in [9.17, 15) is 4.79 Å². The largest absolute Gasteiger partial charge is 0.473 e. The third-order valence-corrected chi connectivity index (χ3v) is 4.19. The van der Waals surface area contributed by atoms with Gasteiger partial charge < -0.3 is 9.64 Å². The Kier molecular flexibility index (Phi) is 4.20. The van der Waals surface area contributed by atoms with Crippen molar-refractivity contribution in [2.45, 2.75) is 39.7 Å². The standard InChI is InChI=1S/C18H23N3O2/c1-18(2,3)17(22)21-10-8-14(9-11-21)23-16-15-7-5-4-6-13(15)12-19-20-16/h4-7,12,14H,8-11H2,1-3H3. The van der Waals surface area contributed by atoms with Crippen molar-refractivity contribution in [2.24, 2.45) is 5.41 Å². The second-order valence-corrected chi connectivity index (χ2v) is 7.10. The second kappa shape index (κ2) is 6.14. The second-order valence-electron chi connectivity index (χ2n) is 7.10. The van der Waals surface area contributed by atoms with Gasteiger partial charge in [-0.15, -0.1) is 5.10 Å². The van der Waals surface area contributed by atoms with E-state index in [-0.39, 0.29) is 17.4 Å². The van der Waals surface area contributed by atoms with E-state index >= 15 is 0 Å². The van der Waals surface area contributed by atoms with Gasteiger partial charge in [-0.3, -0.25) is 4.79 Å². The van der Waals surface area contributed by atoms with Crippen molar-refractivity contribution in [3.8, 4) is 5.88 Å². The van der Waals surface area contributed by atoms with Crippen LogP contribution in [-0.2, 0) is 4.79 Å². The molecule has 0 N–H and O–H groups in total. The summed E-state index contributed by atoms with van der Waals surface area (Å²) in [5.74, 6) is 0.796. The summed E-state index contributed by atoms with van der Waals surface area (Å²) < 4.78 is 6.07. The Morgan fingerprint density at radius 2 is 1.91 bits per heavy atom. The molecular weight excluding hydrogens is 290 g/mol. The maximum absolute atomic E-state index is 12.3. The van der Waals surface area contributed by atoms with E-state index < -0.39 is 0 Å². The van der Waals surface area contributed by atoms with Crippen LogP contribution in [0.15, 0.2) is 30.5 Å². The van der Waals surface area contributed by atoms with Gasteiger partial charge in [0.1, 0.15) is 6.10 Å². The molecule has 122 valence electrons. The average molecular weight is 313 g/mol. The fourth-order valence-corrected chi connectivity index (χ4v) is 2.90. The highest BCUT2D eigenvalue weighted by Gasteiger charge is 2.31. The zero-order valence-electron chi connectivity index (χ0n) is 14.0. The van der Waals surface area contributed by atoms with Gasteiger partial charge in [0.2, 0.25) is 11.8 Å². The maximum atomic E-state index is 12.3. The van der Waals surface area contributed by atoms with E-state index in [1.54, 1.807) is 6.20 Å². The van der Waals surface area contributed by atoms with Crippen LogP contribution >= 0.6 is 0 Å². The lowest BCUT2D eigenvalue weighted by molar-refractivity contribution is -0.141. The van der Waals surface area contributed by atoms with Gasteiger partial charge in [-0.25, -0.2) is 0 Å². The molecule has 0 bridgehead atoms. The van der Waals surface area contributed by atoms with Gasteiger partial charge in [-0.05, 0) is 6.07 Å². The molecule has 1 saturated heterocycles. The Hall–Kier alpha value is -2.17. The third kappa shape index (κ3) is 3.44. The van der Waals surface area contributed by atoms with E-state index in [0.29, 0.717) is 5.88 Å². The van der Waals surface area contributed by atoms with Crippen molar-refractivity contribution in [3.05, 3.63) is 30.5 Å². The number of piperidine rings is 1. The molecule has 5 nitrogen and oxygen atoms in total. The fourth-order valence-electron chi connectivity index (χ4n) is 2.90. The van der Waals surface area contributed by atoms with Gasteiger partial charge >= 0.3 is 0 Å². The minimum Gasteiger partial charge on any atom is -0.473 e. The smallest absolute Gasteiger partial charge is 0.241 e. The SMILES string of the molecule is CC(C)(C)C(=O)N1CCC(Oc2nncc3ccccc23)CC1. The summed E-state index contributed by atoms with van der Waals surface area (Å²) in [6.07, 6.45) is 3.48. The first-order valence-corrected chi connectivity index (χ1v) is 8.11. The van der Waals surface area contributed by atoms with Crippen molar-refractivity contribution in [1.29, 1.82) is 0 Å². The predicted molar refractivity (Wildman–Crippen MR) is 89.2 cm³/mol. The fraction of sp³-hybridized carbons (Fsp3) is 0.500. The molecule has 1 fully saturated rings. The van der Waals surface area contributed by atoms with E-state index in [1.807, 2.05) is 49.9 Å². The van der Waals surface area contributed by atoms with Gasteiger partial charge in [0, 0.05) is 42.1 Å². The number of fused-ring (bicyclic) bond motifs is 1. The predicted octanol–water partition coefficient (Wildman–Crippen LogP) is 3.05. The van der Waals surface area contributed by atoms with Gasteiger partial charge in [0.25, 0.3) is 0 Å². The number of aromatic nitrogens is 2. The molecule has 1 aromatic heterocycles. The molecule has 0 saturated carbocycles. The number of rotatable bonds is 2. The number of carbonyl (C=O) groups excluding carboxylic acids is 1. The van der Waals surface area contributed by atoms with E-state index in [0.717, 1.165) is 36.7 Å². The van der Waals surface area contributed by atoms with Crippen molar-refractivity contribution in [3.63, 3.8) is 0 Å². The van der Waals surface area contributed by atoms with Crippen LogP contribution in [0.3, 0.4) is 0 Å². The molecular formula is C18H23N3O2. The third-order valence-electron chi connectivity index (χ3n) is 4.19. The summed E-state index contributed by atoms with van der Waals surface area (Å²) in [4.78, 5) is 14.3. The highest BCUT2D eigenvalue weighted by molar-refractivity contribution is 5.85. The van der Waals surface area contributed by atoms with Crippen LogP contribution in [0.2, 0.25) is 0 Å². The summed E-state index contributed by atoms with van der Waals surface area (Å²) in [6, 6.07) is 7.95. The Labute approximate surface area is 136 Å². The molecule has 2 heterocycles. The number of benzene rings is 1. The number of amides is 1. The molecule has 3 rings (SSSR count). The first-order valence-electron chi connectivity index (χ1n) is 8.11. The zero-order valence-corrected chi connectivity index (χ0v) is 14.0. The number of nitrogens with zero attached hydrogens (tertiary/aromatic N) is 3. The molecule has 1 aliphatic rings. The van der Waals surface area contributed by atoms with Gasteiger partial charge in [0.05, 0.1) is 6.20 Å².